The molecule has 16 unspecified atom stereocenters. The van der Waals surface area contributed by atoms with Gasteiger partial charge in [-0.2, -0.15) is 0 Å². The molecule has 0 aromatic carbocycles. The zero-order valence-corrected chi connectivity index (χ0v) is 24.1. The first-order chi connectivity index (χ1) is 19.3. The fraction of sp³-hybridized carbons (Fsp3) is 0.967. The van der Waals surface area contributed by atoms with Gasteiger partial charge in [0.15, 0.2) is 0 Å². The third kappa shape index (κ3) is 3.95. The standard InChI is InChI=1S/C30H48F2N6O2/c1-12(2)24-28-25(34-11-33-24)13(3)40-20-6-4-5-17(31)23(20)27-18(32)10-16-26(37-30(39)38(28)29(16)36-27)22-15-9-14-7-8-19(35-14)21(15)22/h12-29,33-36H,4-11H2,1-3H3,(H,37,39)/t13?,14?,15-,16?,17?,18?,19?,20?,21?,22?,23?,24?,25?,26?,27?,28?,29?/m0/s1. The predicted octanol–water partition coefficient (Wildman–Crippen LogP) is 2.25. The maximum absolute atomic E-state index is 16.4. The first-order valence-corrected chi connectivity index (χ1v) is 16.3. The van der Waals surface area contributed by atoms with Gasteiger partial charge in [-0.1, -0.05) is 13.8 Å². The fourth-order valence-electron chi connectivity index (χ4n) is 10.9. The average Bonchev–Trinajstić information content (AvgIpc) is 3.52. The summed E-state index contributed by atoms with van der Waals surface area (Å²) in [6.45, 7) is 7.09. The number of nitrogens with zero attached hydrogens (tertiary/aromatic N) is 1. The van der Waals surface area contributed by atoms with Gasteiger partial charge in [0.05, 0.1) is 30.5 Å². The number of carbonyl (C=O) groups excluding carboxylic acids is 1. The first kappa shape index (κ1) is 26.5. The van der Waals surface area contributed by atoms with Gasteiger partial charge in [0.1, 0.15) is 12.3 Å². The minimum atomic E-state index is -1.17. The number of nitrogens with one attached hydrogen (secondary N) is 5. The Bertz CT molecular complexity index is 1010. The Morgan fingerprint density at radius 1 is 0.900 bits per heavy atom. The van der Waals surface area contributed by atoms with Crippen LogP contribution in [0.3, 0.4) is 0 Å². The largest absolute Gasteiger partial charge is 0.373 e. The van der Waals surface area contributed by atoms with Crippen molar-refractivity contribution in [3.05, 3.63) is 0 Å². The van der Waals surface area contributed by atoms with Crippen LogP contribution in [-0.2, 0) is 4.74 Å². The van der Waals surface area contributed by atoms with Gasteiger partial charge in [0.25, 0.3) is 0 Å². The summed E-state index contributed by atoms with van der Waals surface area (Å²) in [5.41, 5.74) is 0. The molecule has 0 radical (unpaired) electrons. The second-order valence-corrected chi connectivity index (χ2v) is 14.8. The van der Waals surface area contributed by atoms with Crippen molar-refractivity contribution < 1.29 is 18.3 Å². The smallest absolute Gasteiger partial charge is 0.319 e. The van der Waals surface area contributed by atoms with Crippen LogP contribution in [0.2, 0.25) is 0 Å². The van der Waals surface area contributed by atoms with Gasteiger partial charge in [0, 0.05) is 48.7 Å². The van der Waals surface area contributed by atoms with Gasteiger partial charge in [-0.05, 0) is 75.5 Å². The predicted molar refractivity (Wildman–Crippen MR) is 147 cm³/mol. The van der Waals surface area contributed by atoms with Gasteiger partial charge >= 0.3 is 6.03 Å². The monoisotopic (exact) mass is 562 g/mol. The molecule has 224 valence electrons. The highest BCUT2D eigenvalue weighted by molar-refractivity contribution is 5.77. The quantitative estimate of drug-likeness (QED) is 0.355. The number of rotatable bonds is 2. The van der Waals surface area contributed by atoms with Crippen molar-refractivity contribution in [3.8, 4) is 0 Å². The van der Waals surface area contributed by atoms with Crippen LogP contribution in [0, 0.1) is 35.5 Å². The number of halogens is 2. The summed E-state index contributed by atoms with van der Waals surface area (Å²) in [6.07, 6.45) is 2.81. The lowest BCUT2D eigenvalue weighted by atomic mass is 9.71. The Kier molecular flexibility index (Phi) is 6.46. The third-order valence-electron chi connectivity index (χ3n) is 12.5. The molecule has 2 amide bonds. The van der Waals surface area contributed by atoms with E-state index in [0.717, 1.165) is 12.8 Å². The molecule has 10 heteroatoms. The van der Waals surface area contributed by atoms with Crippen molar-refractivity contribution in [1.29, 1.82) is 0 Å². The van der Waals surface area contributed by atoms with Crippen molar-refractivity contribution in [2.45, 2.75) is 139 Å². The zero-order valence-electron chi connectivity index (χ0n) is 24.1. The molecule has 0 aromatic rings. The van der Waals surface area contributed by atoms with E-state index in [1.165, 1.54) is 19.3 Å². The number of hydrogen-bond donors (Lipinski definition) is 5. The summed E-state index contributed by atoms with van der Waals surface area (Å²) < 4.78 is 38.8. The SMILES string of the molecule is CC(C)C1NCNC2C(C)OC3CCCC(F)C3C3NC4C(CC3F)C(C3C5C6CCC(C[C@@H]53)N6)NC(=O)N4C12. The number of alkyl halides is 2. The summed E-state index contributed by atoms with van der Waals surface area (Å²) >= 11 is 0. The molecule has 6 aliphatic heterocycles. The van der Waals surface area contributed by atoms with Crippen LogP contribution in [0.4, 0.5) is 13.6 Å². The Hall–Kier alpha value is -1.07. The highest BCUT2D eigenvalue weighted by atomic mass is 19.1. The van der Waals surface area contributed by atoms with E-state index in [1.807, 2.05) is 4.90 Å². The van der Waals surface area contributed by atoms with Crippen LogP contribution >= 0.6 is 0 Å². The highest BCUT2D eigenvalue weighted by Gasteiger charge is 2.67. The molecular weight excluding hydrogens is 514 g/mol. The van der Waals surface area contributed by atoms with Crippen LogP contribution in [0.1, 0.15) is 65.7 Å². The van der Waals surface area contributed by atoms with Crippen LogP contribution in [0.25, 0.3) is 0 Å². The van der Waals surface area contributed by atoms with Crippen molar-refractivity contribution in [2.75, 3.05) is 6.67 Å². The minimum absolute atomic E-state index is 0.0444. The lowest BCUT2D eigenvalue weighted by Gasteiger charge is -2.60. The minimum Gasteiger partial charge on any atom is -0.373 e. The Labute approximate surface area is 236 Å². The van der Waals surface area contributed by atoms with E-state index < -0.39 is 24.3 Å². The Morgan fingerprint density at radius 3 is 2.58 bits per heavy atom. The number of hydrogen-bond acceptors (Lipinski definition) is 6. The molecule has 6 saturated heterocycles. The summed E-state index contributed by atoms with van der Waals surface area (Å²) in [7, 11) is 0. The molecule has 0 aromatic heterocycles. The molecule has 8 aliphatic rings. The number of urea groups is 1. The molecule has 6 heterocycles. The van der Waals surface area contributed by atoms with E-state index >= 15 is 8.78 Å². The molecule has 40 heavy (non-hydrogen) atoms. The maximum atomic E-state index is 16.4. The van der Waals surface area contributed by atoms with E-state index in [-0.39, 0.29) is 60.4 Å². The van der Waals surface area contributed by atoms with E-state index in [1.54, 1.807) is 0 Å². The van der Waals surface area contributed by atoms with Crippen LogP contribution < -0.4 is 26.6 Å². The van der Waals surface area contributed by atoms with Crippen LogP contribution in [0.15, 0.2) is 0 Å². The van der Waals surface area contributed by atoms with Gasteiger partial charge < -0.3 is 20.3 Å². The summed E-state index contributed by atoms with van der Waals surface area (Å²) in [6, 6.07) is 0.145. The highest BCUT2D eigenvalue weighted by Crippen LogP contribution is 2.61. The van der Waals surface area contributed by atoms with Gasteiger partial charge in [-0.15, -0.1) is 0 Å². The molecule has 8 fully saturated rings. The number of fused-ring (bicyclic) bond motifs is 9. The number of amides is 2. The molecule has 0 spiro atoms. The summed E-state index contributed by atoms with van der Waals surface area (Å²) in [5, 5.41) is 18.2. The van der Waals surface area contributed by atoms with E-state index in [2.05, 4.69) is 47.4 Å². The second kappa shape index (κ2) is 9.73. The zero-order chi connectivity index (χ0) is 27.4. The molecule has 4 bridgehead atoms. The molecule has 8 rings (SSSR count). The Balaban J connectivity index is 1.19. The topological polar surface area (TPSA) is 89.7 Å². The lowest BCUT2D eigenvalue weighted by molar-refractivity contribution is -0.146. The van der Waals surface area contributed by atoms with Crippen molar-refractivity contribution >= 4 is 6.03 Å². The van der Waals surface area contributed by atoms with E-state index in [0.29, 0.717) is 49.3 Å². The molecule has 2 saturated carbocycles. The van der Waals surface area contributed by atoms with E-state index in [4.69, 9.17) is 4.74 Å². The van der Waals surface area contributed by atoms with Crippen molar-refractivity contribution in [1.82, 2.24) is 31.5 Å². The van der Waals surface area contributed by atoms with Crippen molar-refractivity contribution in [2.24, 2.45) is 35.5 Å². The van der Waals surface area contributed by atoms with E-state index in [9.17, 15) is 4.79 Å². The number of piperidine rings is 2. The average molecular weight is 563 g/mol. The third-order valence-corrected chi connectivity index (χ3v) is 12.5. The summed E-state index contributed by atoms with van der Waals surface area (Å²) in [4.78, 5) is 16.3. The summed E-state index contributed by atoms with van der Waals surface area (Å²) in [5.74, 6) is 1.28. The second-order valence-electron chi connectivity index (χ2n) is 14.8. The van der Waals surface area contributed by atoms with Crippen LogP contribution in [0.5, 0.6) is 0 Å². The van der Waals surface area contributed by atoms with Crippen LogP contribution in [-0.4, -0.2) is 90.6 Å². The molecule has 2 aliphatic carbocycles. The molecule has 17 atom stereocenters. The Morgan fingerprint density at radius 2 is 1.75 bits per heavy atom. The van der Waals surface area contributed by atoms with Gasteiger partial charge in [-0.25, -0.2) is 13.6 Å². The number of carbonyl (C=O) groups is 1. The molecule has 8 nitrogen and oxygen atoms in total. The first-order valence-electron chi connectivity index (χ1n) is 16.3. The molecular formula is C30H48F2N6O2. The fourth-order valence-corrected chi connectivity index (χ4v) is 10.9. The number of ether oxygens (including phenoxy) is 1. The lowest BCUT2D eigenvalue weighted by Crippen LogP contribution is -2.81. The van der Waals surface area contributed by atoms with Gasteiger partial charge in [0.2, 0.25) is 0 Å². The maximum Gasteiger partial charge on any atom is 0.319 e. The normalized spacial score (nSPS) is 57.0. The van der Waals surface area contributed by atoms with Gasteiger partial charge in [-0.3, -0.25) is 16.0 Å². The molecule has 5 N–H and O–H groups in total. The van der Waals surface area contributed by atoms with Crippen molar-refractivity contribution in [3.63, 3.8) is 0 Å².